The fourth-order valence-corrected chi connectivity index (χ4v) is 3.65. The smallest absolute Gasteiger partial charge is 0.493 e. The molecule has 3 aromatic carbocycles. The van der Waals surface area contributed by atoms with E-state index in [1.807, 2.05) is 0 Å². The maximum atomic E-state index is 13.5. The molecule has 0 aliphatic heterocycles. The monoisotopic (exact) mass is 542 g/mol. The number of benzene rings is 3. The van der Waals surface area contributed by atoms with E-state index in [0.29, 0.717) is 22.7 Å². The largest absolute Gasteiger partial charge is 0.573 e. The average Bonchev–Trinajstić information content (AvgIpc) is 2.87. The molecule has 0 heterocycles. The summed E-state index contributed by atoms with van der Waals surface area (Å²) in [6.07, 6.45) is -9.17. The first-order chi connectivity index (χ1) is 17.8. The highest BCUT2D eigenvalue weighted by Crippen LogP contribution is 2.33. The van der Waals surface area contributed by atoms with Crippen LogP contribution in [0.4, 0.5) is 32.0 Å². The SMILES string of the molecule is COc1ccc(N(CCc2ccc(C(F)(F)F)cc2)C(=O)C(N)c2ccc(OC(F)(F)F)cc2)cc1OC. The maximum absolute atomic E-state index is 13.5. The van der Waals surface area contributed by atoms with E-state index in [0.717, 1.165) is 24.3 Å². The van der Waals surface area contributed by atoms with Gasteiger partial charge in [0.25, 0.3) is 0 Å². The zero-order chi connectivity index (χ0) is 28.1. The summed E-state index contributed by atoms with van der Waals surface area (Å²) in [5.74, 6) is -0.357. The first-order valence-corrected chi connectivity index (χ1v) is 11.1. The minimum atomic E-state index is -4.87. The number of alkyl halides is 6. The molecule has 0 aliphatic rings. The summed E-state index contributed by atoms with van der Waals surface area (Å²) in [6.45, 7) is 0.0304. The van der Waals surface area contributed by atoms with Crippen LogP contribution in [0.5, 0.6) is 17.2 Å². The van der Waals surface area contributed by atoms with Crippen LogP contribution < -0.4 is 24.8 Å². The van der Waals surface area contributed by atoms with Crippen molar-refractivity contribution in [1.82, 2.24) is 0 Å². The van der Waals surface area contributed by atoms with Gasteiger partial charge in [-0.3, -0.25) is 4.79 Å². The summed E-state index contributed by atoms with van der Waals surface area (Å²) in [6, 6.07) is 12.5. The van der Waals surface area contributed by atoms with Crippen LogP contribution in [0.2, 0.25) is 0 Å². The number of halogens is 6. The quantitative estimate of drug-likeness (QED) is 0.341. The molecule has 38 heavy (non-hydrogen) atoms. The molecule has 1 atom stereocenters. The minimum Gasteiger partial charge on any atom is -0.493 e. The highest BCUT2D eigenvalue weighted by Gasteiger charge is 2.32. The molecule has 0 radical (unpaired) electrons. The van der Waals surface area contributed by atoms with Crippen LogP contribution in [-0.2, 0) is 17.4 Å². The van der Waals surface area contributed by atoms with Crippen molar-refractivity contribution in [2.75, 3.05) is 25.7 Å². The number of anilines is 1. The Labute approximate surface area is 214 Å². The topological polar surface area (TPSA) is 74.0 Å². The van der Waals surface area contributed by atoms with Crippen LogP contribution in [0.1, 0.15) is 22.7 Å². The van der Waals surface area contributed by atoms with Crippen molar-refractivity contribution < 1.29 is 45.3 Å². The minimum absolute atomic E-state index is 0.0304. The van der Waals surface area contributed by atoms with Gasteiger partial charge >= 0.3 is 12.5 Å². The van der Waals surface area contributed by atoms with Crippen molar-refractivity contribution in [1.29, 1.82) is 0 Å². The summed E-state index contributed by atoms with van der Waals surface area (Å²) in [5.41, 5.74) is 6.52. The van der Waals surface area contributed by atoms with Crippen LogP contribution in [0.15, 0.2) is 66.7 Å². The lowest BCUT2D eigenvalue weighted by molar-refractivity contribution is -0.274. The molecule has 3 aromatic rings. The van der Waals surface area contributed by atoms with Crippen LogP contribution in [0, 0.1) is 0 Å². The third-order valence-electron chi connectivity index (χ3n) is 5.59. The van der Waals surface area contributed by atoms with Gasteiger partial charge in [0.05, 0.1) is 19.8 Å². The van der Waals surface area contributed by atoms with Gasteiger partial charge in [-0.1, -0.05) is 24.3 Å². The Morgan fingerprint density at radius 1 is 0.868 bits per heavy atom. The van der Waals surface area contributed by atoms with Crippen molar-refractivity contribution in [3.05, 3.63) is 83.4 Å². The van der Waals surface area contributed by atoms with Crippen LogP contribution >= 0.6 is 0 Å². The van der Waals surface area contributed by atoms with Gasteiger partial charge in [0.1, 0.15) is 11.8 Å². The number of rotatable bonds is 9. The Bertz CT molecular complexity index is 1230. The molecule has 0 saturated carbocycles. The molecule has 0 aliphatic carbocycles. The Kier molecular flexibility index (Phi) is 8.77. The van der Waals surface area contributed by atoms with Crippen molar-refractivity contribution in [2.45, 2.75) is 25.0 Å². The first-order valence-electron chi connectivity index (χ1n) is 11.1. The summed E-state index contributed by atoms with van der Waals surface area (Å²) >= 11 is 0. The molecule has 1 amide bonds. The number of carbonyl (C=O) groups excluding carboxylic acids is 1. The number of ether oxygens (including phenoxy) is 3. The highest BCUT2D eigenvalue weighted by atomic mass is 19.4. The standard InChI is InChI=1S/C26H24F6N2O4/c1-36-21-12-9-19(15-22(21)37-2)34(14-13-16-3-7-18(8-4-16)25(27,28)29)24(35)23(33)17-5-10-20(11-6-17)38-26(30,31)32/h3-12,15,23H,13-14,33H2,1-2H3. The van der Waals surface area contributed by atoms with E-state index in [9.17, 15) is 31.1 Å². The molecular weight excluding hydrogens is 518 g/mol. The number of amides is 1. The van der Waals surface area contributed by atoms with Gasteiger partial charge in [-0.25, -0.2) is 0 Å². The van der Waals surface area contributed by atoms with Crippen molar-refractivity contribution >= 4 is 11.6 Å². The summed E-state index contributed by atoms with van der Waals surface area (Å²) in [4.78, 5) is 14.8. The summed E-state index contributed by atoms with van der Waals surface area (Å²) < 4.78 is 90.5. The third-order valence-corrected chi connectivity index (χ3v) is 5.59. The predicted octanol–water partition coefficient (Wildman–Crippen LogP) is 5.90. The van der Waals surface area contributed by atoms with E-state index in [4.69, 9.17) is 15.2 Å². The lowest BCUT2D eigenvalue weighted by Crippen LogP contribution is -2.40. The molecule has 1 unspecified atom stereocenters. The molecule has 6 nitrogen and oxygen atoms in total. The van der Waals surface area contributed by atoms with Crippen molar-refractivity contribution in [3.63, 3.8) is 0 Å². The lowest BCUT2D eigenvalue weighted by Gasteiger charge is -2.27. The van der Waals surface area contributed by atoms with E-state index >= 15 is 0 Å². The molecule has 2 N–H and O–H groups in total. The molecule has 0 bridgehead atoms. The zero-order valence-corrected chi connectivity index (χ0v) is 20.3. The second kappa shape index (κ2) is 11.6. The zero-order valence-electron chi connectivity index (χ0n) is 20.3. The Morgan fingerprint density at radius 2 is 1.47 bits per heavy atom. The number of nitrogens with zero attached hydrogens (tertiary/aromatic N) is 1. The Hall–Kier alpha value is -3.93. The summed E-state index contributed by atoms with van der Waals surface area (Å²) in [7, 11) is 2.85. The van der Waals surface area contributed by atoms with Gasteiger partial charge in [-0.2, -0.15) is 13.2 Å². The molecule has 12 heteroatoms. The van der Waals surface area contributed by atoms with Gasteiger partial charge in [-0.05, 0) is 53.9 Å². The summed E-state index contributed by atoms with van der Waals surface area (Å²) in [5, 5.41) is 0. The third kappa shape index (κ3) is 7.31. The van der Waals surface area contributed by atoms with Crippen LogP contribution in [-0.4, -0.2) is 33.0 Å². The first kappa shape index (κ1) is 28.6. The molecule has 0 saturated heterocycles. The van der Waals surface area contributed by atoms with E-state index in [1.165, 1.54) is 49.5 Å². The van der Waals surface area contributed by atoms with Crippen LogP contribution in [0.25, 0.3) is 0 Å². The van der Waals surface area contributed by atoms with Crippen LogP contribution in [0.3, 0.4) is 0 Å². The fourth-order valence-electron chi connectivity index (χ4n) is 3.65. The second-order valence-corrected chi connectivity index (χ2v) is 8.07. The predicted molar refractivity (Wildman–Crippen MR) is 127 cm³/mol. The van der Waals surface area contributed by atoms with E-state index in [2.05, 4.69) is 4.74 Å². The molecule has 204 valence electrons. The van der Waals surface area contributed by atoms with Gasteiger partial charge in [0, 0.05) is 18.3 Å². The number of methoxy groups -OCH3 is 2. The second-order valence-electron chi connectivity index (χ2n) is 8.07. The number of nitrogens with two attached hydrogens (primary N) is 1. The van der Waals surface area contributed by atoms with Gasteiger partial charge in [-0.15, -0.1) is 13.2 Å². The fraction of sp³-hybridized carbons (Fsp3) is 0.269. The van der Waals surface area contributed by atoms with Gasteiger partial charge < -0.3 is 24.8 Å². The normalized spacial score (nSPS) is 12.6. The number of hydrogen-bond acceptors (Lipinski definition) is 5. The molecular formula is C26H24F6N2O4. The van der Waals surface area contributed by atoms with E-state index in [-0.39, 0.29) is 18.5 Å². The van der Waals surface area contributed by atoms with E-state index < -0.39 is 35.8 Å². The van der Waals surface area contributed by atoms with Gasteiger partial charge in [0.2, 0.25) is 5.91 Å². The maximum Gasteiger partial charge on any atom is 0.573 e. The number of hydrogen-bond donors (Lipinski definition) is 1. The Balaban J connectivity index is 1.88. The molecule has 0 spiro atoms. The Morgan fingerprint density at radius 3 is 2.00 bits per heavy atom. The molecule has 3 rings (SSSR count). The van der Waals surface area contributed by atoms with Crippen molar-refractivity contribution in [2.24, 2.45) is 5.73 Å². The molecule has 0 fully saturated rings. The number of carbonyl (C=O) groups is 1. The lowest BCUT2D eigenvalue weighted by atomic mass is 10.0. The highest BCUT2D eigenvalue weighted by molar-refractivity contribution is 5.98. The van der Waals surface area contributed by atoms with Gasteiger partial charge in [0.15, 0.2) is 11.5 Å². The molecule has 0 aromatic heterocycles. The average molecular weight is 542 g/mol. The van der Waals surface area contributed by atoms with Crippen molar-refractivity contribution in [3.8, 4) is 17.2 Å². The van der Waals surface area contributed by atoms with E-state index in [1.54, 1.807) is 12.1 Å².